The molecule has 1 aliphatic rings. The summed E-state index contributed by atoms with van der Waals surface area (Å²) in [5, 5.41) is 9.15. The van der Waals surface area contributed by atoms with E-state index in [1.165, 1.54) is 12.1 Å². The first-order valence-corrected chi connectivity index (χ1v) is 7.42. The second kappa shape index (κ2) is 7.73. The van der Waals surface area contributed by atoms with Crippen LogP contribution in [-0.4, -0.2) is 41.8 Å². The topological polar surface area (TPSA) is 49.8 Å². The number of aliphatic carboxylic acids is 1. The van der Waals surface area contributed by atoms with Crippen LogP contribution >= 0.6 is 11.6 Å². The Morgan fingerprint density at radius 3 is 2.81 bits per heavy atom. The molecule has 0 radical (unpaired) electrons. The number of ether oxygens (including phenoxy) is 1. The summed E-state index contributed by atoms with van der Waals surface area (Å²) in [5.74, 6) is -1.12. The number of benzene rings is 1. The first kappa shape index (κ1) is 16.2. The van der Waals surface area contributed by atoms with E-state index in [-0.39, 0.29) is 24.9 Å². The minimum atomic E-state index is -0.840. The van der Waals surface area contributed by atoms with Gasteiger partial charge in [0.25, 0.3) is 0 Å². The van der Waals surface area contributed by atoms with E-state index in [1.807, 2.05) is 0 Å². The fourth-order valence-electron chi connectivity index (χ4n) is 2.45. The Hall–Kier alpha value is -1.17. The number of nitrogens with zero attached hydrogens (tertiary/aromatic N) is 1. The van der Waals surface area contributed by atoms with E-state index in [0.29, 0.717) is 11.6 Å². The number of hydrogen-bond donors (Lipinski definition) is 1. The maximum absolute atomic E-state index is 13.2. The van der Waals surface area contributed by atoms with Crippen molar-refractivity contribution in [3.8, 4) is 0 Å². The molecule has 1 fully saturated rings. The van der Waals surface area contributed by atoms with Gasteiger partial charge in [-0.25, -0.2) is 4.39 Å². The molecule has 116 valence electrons. The SMILES string of the molecule is O=C(O)CCOC1CCN(Cc2cc(F)ccc2Cl)CC1. The van der Waals surface area contributed by atoms with Gasteiger partial charge in [0.1, 0.15) is 5.82 Å². The average molecular weight is 316 g/mol. The van der Waals surface area contributed by atoms with E-state index in [4.69, 9.17) is 21.4 Å². The third-order valence-corrected chi connectivity index (χ3v) is 3.97. The highest BCUT2D eigenvalue weighted by molar-refractivity contribution is 6.31. The molecule has 0 spiro atoms. The lowest BCUT2D eigenvalue weighted by Gasteiger charge is -2.32. The van der Waals surface area contributed by atoms with Crippen molar-refractivity contribution in [2.45, 2.75) is 31.9 Å². The molecule has 1 aromatic carbocycles. The fraction of sp³-hybridized carbons (Fsp3) is 0.533. The van der Waals surface area contributed by atoms with Crippen molar-refractivity contribution in [2.24, 2.45) is 0 Å². The molecule has 4 nitrogen and oxygen atoms in total. The summed E-state index contributed by atoms with van der Waals surface area (Å²) in [6, 6.07) is 4.40. The van der Waals surface area contributed by atoms with Crippen molar-refractivity contribution in [3.05, 3.63) is 34.6 Å². The molecule has 0 atom stereocenters. The van der Waals surface area contributed by atoms with Crippen molar-refractivity contribution in [3.63, 3.8) is 0 Å². The number of carboxylic acid groups (broad SMARTS) is 1. The quantitative estimate of drug-likeness (QED) is 0.877. The van der Waals surface area contributed by atoms with E-state index in [2.05, 4.69) is 4.90 Å². The lowest BCUT2D eigenvalue weighted by Crippen LogP contribution is -2.36. The standard InChI is InChI=1S/C15H19ClFNO3/c16-14-2-1-12(17)9-11(14)10-18-6-3-13(4-7-18)21-8-5-15(19)20/h1-2,9,13H,3-8,10H2,(H,19,20). The maximum atomic E-state index is 13.2. The van der Waals surface area contributed by atoms with Gasteiger partial charge in [-0.1, -0.05) is 11.6 Å². The van der Waals surface area contributed by atoms with Crippen LogP contribution in [0.5, 0.6) is 0 Å². The second-order valence-electron chi connectivity index (χ2n) is 5.23. The van der Waals surface area contributed by atoms with Gasteiger partial charge in [-0.2, -0.15) is 0 Å². The highest BCUT2D eigenvalue weighted by atomic mass is 35.5. The molecule has 1 aromatic rings. The van der Waals surface area contributed by atoms with E-state index in [0.717, 1.165) is 31.5 Å². The molecule has 0 bridgehead atoms. The van der Waals surface area contributed by atoms with Gasteiger partial charge < -0.3 is 9.84 Å². The highest BCUT2D eigenvalue weighted by Gasteiger charge is 2.20. The third kappa shape index (κ3) is 5.26. The van der Waals surface area contributed by atoms with Crippen LogP contribution in [0.3, 0.4) is 0 Å². The zero-order valence-electron chi connectivity index (χ0n) is 11.7. The predicted octanol–water partition coefficient (Wildman–Crippen LogP) is 2.93. The summed E-state index contributed by atoms with van der Waals surface area (Å²) in [6.45, 7) is 2.56. The second-order valence-corrected chi connectivity index (χ2v) is 5.63. The van der Waals surface area contributed by atoms with Crippen LogP contribution in [0, 0.1) is 5.82 Å². The van der Waals surface area contributed by atoms with Crippen molar-refractivity contribution in [1.82, 2.24) is 4.90 Å². The average Bonchev–Trinajstić information content (AvgIpc) is 2.44. The Morgan fingerprint density at radius 2 is 2.14 bits per heavy atom. The van der Waals surface area contributed by atoms with Crippen LogP contribution in [0.15, 0.2) is 18.2 Å². The zero-order chi connectivity index (χ0) is 15.2. The van der Waals surface area contributed by atoms with Gasteiger partial charge in [-0.15, -0.1) is 0 Å². The van der Waals surface area contributed by atoms with E-state index in [1.54, 1.807) is 6.07 Å². The first-order chi connectivity index (χ1) is 10.0. The van der Waals surface area contributed by atoms with E-state index < -0.39 is 5.97 Å². The van der Waals surface area contributed by atoms with Crippen LogP contribution in [0.2, 0.25) is 5.02 Å². The largest absolute Gasteiger partial charge is 0.481 e. The number of piperidine rings is 1. The van der Waals surface area contributed by atoms with Crippen LogP contribution in [0.4, 0.5) is 4.39 Å². The molecule has 1 N–H and O–H groups in total. The van der Waals surface area contributed by atoms with Gasteiger partial charge in [0.05, 0.1) is 19.1 Å². The Balaban J connectivity index is 1.76. The van der Waals surface area contributed by atoms with Crippen LogP contribution < -0.4 is 0 Å². The predicted molar refractivity (Wildman–Crippen MR) is 77.9 cm³/mol. The maximum Gasteiger partial charge on any atom is 0.305 e. The van der Waals surface area contributed by atoms with Crippen molar-refractivity contribution in [1.29, 1.82) is 0 Å². The summed E-state index contributed by atoms with van der Waals surface area (Å²) in [4.78, 5) is 12.6. The smallest absolute Gasteiger partial charge is 0.305 e. The molecule has 0 unspecified atom stereocenters. The van der Waals surface area contributed by atoms with E-state index >= 15 is 0 Å². The van der Waals surface area contributed by atoms with Gasteiger partial charge in [0.2, 0.25) is 0 Å². The van der Waals surface area contributed by atoms with Gasteiger partial charge in [-0.05, 0) is 36.6 Å². The molecular formula is C15H19ClFNO3. The van der Waals surface area contributed by atoms with Gasteiger partial charge in [0.15, 0.2) is 0 Å². The molecule has 1 saturated heterocycles. The number of halogens is 2. The molecule has 0 aromatic heterocycles. The minimum Gasteiger partial charge on any atom is -0.481 e. The molecule has 21 heavy (non-hydrogen) atoms. The lowest BCUT2D eigenvalue weighted by atomic mass is 10.1. The van der Waals surface area contributed by atoms with Crippen molar-refractivity contribution >= 4 is 17.6 Å². The van der Waals surface area contributed by atoms with Crippen molar-refractivity contribution < 1.29 is 19.0 Å². The normalized spacial score (nSPS) is 17.0. The highest BCUT2D eigenvalue weighted by Crippen LogP contribution is 2.22. The summed E-state index contributed by atoms with van der Waals surface area (Å²) >= 11 is 6.07. The number of hydrogen-bond acceptors (Lipinski definition) is 3. The van der Waals surface area contributed by atoms with Crippen molar-refractivity contribution in [2.75, 3.05) is 19.7 Å². The molecule has 1 aliphatic heterocycles. The number of carboxylic acids is 1. The molecule has 0 amide bonds. The number of rotatable bonds is 6. The van der Waals surface area contributed by atoms with Gasteiger partial charge >= 0.3 is 5.97 Å². The molecular weight excluding hydrogens is 297 g/mol. The molecule has 0 aliphatic carbocycles. The fourth-order valence-corrected chi connectivity index (χ4v) is 2.63. The van der Waals surface area contributed by atoms with Gasteiger partial charge in [0, 0.05) is 24.7 Å². The summed E-state index contributed by atoms with van der Waals surface area (Å²) < 4.78 is 18.8. The number of likely N-dealkylation sites (tertiary alicyclic amines) is 1. The number of carbonyl (C=O) groups is 1. The van der Waals surface area contributed by atoms with Crippen LogP contribution in [0.1, 0.15) is 24.8 Å². The molecule has 0 saturated carbocycles. The summed E-state index contributed by atoms with van der Waals surface area (Å²) in [5.41, 5.74) is 0.793. The minimum absolute atomic E-state index is 0.0408. The summed E-state index contributed by atoms with van der Waals surface area (Å²) in [6.07, 6.45) is 1.86. The monoisotopic (exact) mass is 315 g/mol. The Kier molecular flexibility index (Phi) is 5.96. The van der Waals surface area contributed by atoms with Gasteiger partial charge in [-0.3, -0.25) is 9.69 Å². The Labute approximate surface area is 128 Å². The molecule has 1 heterocycles. The first-order valence-electron chi connectivity index (χ1n) is 7.04. The Morgan fingerprint density at radius 1 is 1.43 bits per heavy atom. The molecule has 6 heteroatoms. The van der Waals surface area contributed by atoms with Crippen LogP contribution in [-0.2, 0) is 16.1 Å². The van der Waals surface area contributed by atoms with E-state index in [9.17, 15) is 9.18 Å². The third-order valence-electron chi connectivity index (χ3n) is 3.61. The zero-order valence-corrected chi connectivity index (χ0v) is 12.5. The Bertz CT molecular complexity index is 490. The molecule has 2 rings (SSSR count). The lowest BCUT2D eigenvalue weighted by molar-refractivity contribution is -0.138. The van der Waals surface area contributed by atoms with Crippen LogP contribution in [0.25, 0.3) is 0 Å². The summed E-state index contributed by atoms with van der Waals surface area (Å²) in [7, 11) is 0.